The van der Waals surface area contributed by atoms with Gasteiger partial charge in [-0.25, -0.2) is 4.79 Å². The average Bonchev–Trinajstić information content (AvgIpc) is 3.12. The van der Waals surface area contributed by atoms with E-state index in [-0.39, 0.29) is 67.0 Å². The van der Waals surface area contributed by atoms with Crippen molar-refractivity contribution in [3.63, 3.8) is 0 Å². The third-order valence-corrected chi connectivity index (χ3v) is 10.4. The summed E-state index contributed by atoms with van der Waals surface area (Å²) >= 11 is 0. The minimum Gasteiger partial charge on any atom is -0.504 e. The van der Waals surface area contributed by atoms with Gasteiger partial charge in [0.05, 0.1) is 18.8 Å². The number of hydrogen-bond donors (Lipinski definition) is 6. The number of benzene rings is 3. The summed E-state index contributed by atoms with van der Waals surface area (Å²) in [6.07, 6.45) is 3.59. The zero-order chi connectivity index (χ0) is 37.0. The summed E-state index contributed by atoms with van der Waals surface area (Å²) in [7, 11) is 0. The second-order valence-corrected chi connectivity index (χ2v) is 13.9. The van der Waals surface area contributed by atoms with Crippen LogP contribution in [0.3, 0.4) is 0 Å². The van der Waals surface area contributed by atoms with Crippen LogP contribution >= 0.6 is 0 Å². The lowest BCUT2D eigenvalue weighted by atomic mass is 9.64. The fraction of sp³-hybridized carbons (Fsp3) is 0.375. The largest absolute Gasteiger partial charge is 0.504 e. The van der Waals surface area contributed by atoms with Crippen molar-refractivity contribution in [2.24, 2.45) is 11.8 Å². The number of aliphatic carboxylic acids is 1. The van der Waals surface area contributed by atoms with Crippen molar-refractivity contribution in [1.29, 1.82) is 0 Å². The Balaban J connectivity index is 1.26. The molecule has 0 unspecified atom stereocenters. The summed E-state index contributed by atoms with van der Waals surface area (Å²) in [6.45, 7) is -0.440. The third-order valence-electron chi connectivity index (χ3n) is 10.4. The lowest BCUT2D eigenvalue weighted by molar-refractivity contribution is -0.288. The number of carbonyl (C=O) groups excluding carboxylic acids is 2. The van der Waals surface area contributed by atoms with Crippen molar-refractivity contribution in [2.45, 2.75) is 68.0 Å². The van der Waals surface area contributed by atoms with Gasteiger partial charge in [0.1, 0.15) is 18.3 Å². The molecule has 2 saturated heterocycles. The molecule has 2 aliphatic heterocycles. The number of carboxylic acids is 1. The molecule has 6 rings (SSSR count). The highest BCUT2D eigenvalue weighted by Crippen LogP contribution is 2.51. The van der Waals surface area contributed by atoms with Gasteiger partial charge in [-0.15, -0.1) is 0 Å². The Morgan fingerprint density at radius 1 is 0.827 bits per heavy atom. The van der Waals surface area contributed by atoms with Gasteiger partial charge < -0.3 is 44.8 Å². The highest BCUT2D eigenvalue weighted by atomic mass is 16.6. The van der Waals surface area contributed by atoms with Crippen LogP contribution in [0.25, 0.3) is 12.2 Å². The summed E-state index contributed by atoms with van der Waals surface area (Å²) in [5.74, 6) is -4.69. The molecule has 52 heavy (non-hydrogen) atoms. The topological polar surface area (TPSA) is 200 Å². The van der Waals surface area contributed by atoms with E-state index in [2.05, 4.69) is 0 Å². The van der Waals surface area contributed by atoms with Gasteiger partial charge in [-0.3, -0.25) is 9.59 Å². The summed E-state index contributed by atoms with van der Waals surface area (Å²) in [4.78, 5) is 40.2. The maximum Gasteiger partial charge on any atom is 0.336 e. The predicted octanol–water partition coefficient (Wildman–Crippen LogP) is 4.55. The number of carbonyl (C=O) groups is 3. The summed E-state index contributed by atoms with van der Waals surface area (Å²) < 4.78 is 19.0. The fourth-order valence-corrected chi connectivity index (χ4v) is 7.68. The quantitative estimate of drug-likeness (QED) is 0.113. The number of ketones is 2. The Hall–Kier alpha value is -5.01. The van der Waals surface area contributed by atoms with E-state index in [0.717, 1.165) is 5.56 Å². The molecule has 6 N–H and O–H groups in total. The average molecular weight is 715 g/mol. The van der Waals surface area contributed by atoms with E-state index in [1.54, 1.807) is 6.07 Å². The monoisotopic (exact) mass is 714 g/mol. The molecular formula is C40H42O12. The highest BCUT2D eigenvalue weighted by molar-refractivity contribution is 6.00. The number of hydrogen-bond acceptors (Lipinski definition) is 11. The summed E-state index contributed by atoms with van der Waals surface area (Å²) in [5.41, 5.74) is -1.43. The van der Waals surface area contributed by atoms with E-state index in [1.807, 2.05) is 30.3 Å². The Morgan fingerprint density at radius 3 is 2.12 bits per heavy atom. The molecule has 3 fully saturated rings. The number of ether oxygens (including phenoxy) is 3. The fourth-order valence-electron chi connectivity index (χ4n) is 7.68. The molecule has 2 bridgehead atoms. The number of rotatable bonds is 12. The first-order chi connectivity index (χ1) is 24.9. The maximum absolute atomic E-state index is 14.2. The first-order valence-corrected chi connectivity index (χ1v) is 17.3. The van der Waals surface area contributed by atoms with Crippen LogP contribution in [0.15, 0.2) is 78.9 Å². The van der Waals surface area contributed by atoms with Gasteiger partial charge in [0.2, 0.25) is 0 Å². The Bertz CT molecular complexity index is 1850. The molecule has 1 saturated carbocycles. The molecule has 3 aliphatic rings. The van der Waals surface area contributed by atoms with E-state index in [1.165, 1.54) is 54.6 Å². The molecule has 12 nitrogen and oxygen atoms in total. The van der Waals surface area contributed by atoms with Crippen LogP contribution in [0.4, 0.5) is 0 Å². The number of fused-ring (bicyclic) bond motifs is 1. The lowest BCUT2D eigenvalue weighted by Gasteiger charge is -2.56. The molecule has 7 atom stereocenters. The molecule has 0 aromatic heterocycles. The van der Waals surface area contributed by atoms with Crippen molar-refractivity contribution >= 4 is 29.7 Å². The van der Waals surface area contributed by atoms with E-state index in [9.17, 15) is 45.0 Å². The lowest BCUT2D eigenvalue weighted by Crippen LogP contribution is -2.70. The molecule has 2 heterocycles. The van der Waals surface area contributed by atoms with Crippen molar-refractivity contribution < 1.29 is 59.2 Å². The smallest absolute Gasteiger partial charge is 0.336 e. The van der Waals surface area contributed by atoms with Gasteiger partial charge in [-0.05, 0) is 91.1 Å². The normalized spacial score (nSPS) is 28.7. The van der Waals surface area contributed by atoms with E-state index in [4.69, 9.17) is 14.2 Å². The second-order valence-electron chi connectivity index (χ2n) is 13.9. The molecule has 12 heteroatoms. The minimum absolute atomic E-state index is 0.138. The first-order valence-electron chi connectivity index (χ1n) is 17.3. The third kappa shape index (κ3) is 7.75. The molecule has 3 aromatic rings. The van der Waals surface area contributed by atoms with Gasteiger partial charge in [0, 0.05) is 12.3 Å². The predicted molar refractivity (Wildman–Crippen MR) is 188 cm³/mol. The number of aliphatic hydroxyl groups is 1. The van der Waals surface area contributed by atoms with Crippen LogP contribution < -0.4 is 0 Å². The molecule has 0 spiro atoms. The number of aryl methyl sites for hydroxylation is 1. The molecular weight excluding hydrogens is 672 g/mol. The van der Waals surface area contributed by atoms with E-state index < -0.39 is 53.8 Å². The van der Waals surface area contributed by atoms with Crippen molar-refractivity contribution in [1.82, 2.24) is 0 Å². The van der Waals surface area contributed by atoms with Crippen LogP contribution in [-0.4, -0.2) is 90.9 Å². The van der Waals surface area contributed by atoms with Gasteiger partial charge in [-0.2, -0.15) is 0 Å². The minimum atomic E-state index is -2.04. The summed E-state index contributed by atoms with van der Waals surface area (Å²) in [6, 6.07) is 18.1. The number of carboxylic acid groups (broad SMARTS) is 1. The molecule has 274 valence electrons. The molecule has 0 amide bonds. The Kier molecular flexibility index (Phi) is 10.8. The van der Waals surface area contributed by atoms with Gasteiger partial charge in [0.25, 0.3) is 0 Å². The van der Waals surface area contributed by atoms with Crippen LogP contribution in [0.5, 0.6) is 23.0 Å². The SMILES string of the molecule is O=C(/C=C/c1ccc(O)c(O)c1)CO[C@@]1(C(=O)O)C[C@@H](O)[C@H]2OC[C@@H](CCc3ccccc3)C[C@@]3(C(=O)/C=C/c4ccc(O)c(O)c4)CC[C@H]1[C@H]2O3. The highest BCUT2D eigenvalue weighted by Gasteiger charge is 2.64. The molecule has 0 radical (unpaired) electrons. The van der Waals surface area contributed by atoms with E-state index >= 15 is 0 Å². The van der Waals surface area contributed by atoms with Crippen LogP contribution in [-0.2, 0) is 35.0 Å². The zero-order valence-electron chi connectivity index (χ0n) is 28.3. The standard InChI is InChI=1S/C40H42O12/c41-28(12-8-25-9-13-30(42)32(44)18-25)23-51-40(38(48)49)21-34(46)37-36-29(40)16-17-39(52-36,35(47)15-11-26-10-14-31(43)33(45)19-26)20-27(22-50-37)7-6-24-4-2-1-3-5-24/h1-5,8-15,18-19,27,29,34,36-37,42-46H,6-7,16-17,20-23H2,(H,48,49)/b12-8+,15-11+/t27-,29-,34+,36+,37+,39+,40-/m0/s1. The van der Waals surface area contributed by atoms with Crippen molar-refractivity contribution in [2.75, 3.05) is 13.2 Å². The summed E-state index contributed by atoms with van der Waals surface area (Å²) in [5, 5.41) is 61.1. The van der Waals surface area contributed by atoms with E-state index in [0.29, 0.717) is 24.0 Å². The maximum atomic E-state index is 14.2. The second kappa shape index (κ2) is 15.3. The van der Waals surface area contributed by atoms with Gasteiger partial charge >= 0.3 is 5.97 Å². The van der Waals surface area contributed by atoms with Crippen LogP contribution in [0, 0.1) is 11.8 Å². The van der Waals surface area contributed by atoms with Gasteiger partial charge in [-0.1, -0.05) is 54.6 Å². The molecule has 3 aromatic carbocycles. The van der Waals surface area contributed by atoms with Crippen LogP contribution in [0.1, 0.15) is 48.8 Å². The Morgan fingerprint density at radius 2 is 1.48 bits per heavy atom. The number of aromatic hydroxyl groups is 4. The van der Waals surface area contributed by atoms with Crippen molar-refractivity contribution in [3.05, 3.63) is 95.6 Å². The first kappa shape index (κ1) is 36.8. The van der Waals surface area contributed by atoms with Crippen molar-refractivity contribution in [3.8, 4) is 23.0 Å². The zero-order valence-corrected chi connectivity index (χ0v) is 28.3. The molecule has 1 aliphatic carbocycles. The number of phenolic OH excluding ortho intramolecular Hbond substituents is 4. The Labute approximate surface area is 300 Å². The number of phenols is 4. The van der Waals surface area contributed by atoms with Crippen LogP contribution in [0.2, 0.25) is 0 Å². The number of aliphatic hydroxyl groups excluding tert-OH is 1. The van der Waals surface area contributed by atoms with Gasteiger partial charge in [0.15, 0.2) is 40.2 Å².